The normalized spacial score (nSPS) is 13.8. The Hall–Kier alpha value is -1.55. The Morgan fingerprint density at radius 3 is 2.71 bits per heavy atom. The first-order valence-electron chi connectivity index (χ1n) is 5.60. The maximum absolute atomic E-state index is 10.5. The third kappa shape index (κ3) is 4.07. The third-order valence-electron chi connectivity index (χ3n) is 2.60. The number of rotatable bonds is 5. The maximum atomic E-state index is 10.5. The number of hydrogen-bond donors (Lipinski definition) is 2. The summed E-state index contributed by atoms with van der Waals surface area (Å²) >= 11 is 0. The smallest absolute Gasteiger partial charge is 0.328 e. The Labute approximate surface area is 101 Å². The van der Waals surface area contributed by atoms with Crippen LogP contribution < -0.4 is 5.32 Å². The van der Waals surface area contributed by atoms with E-state index in [0.717, 1.165) is 22.7 Å². The molecule has 1 heterocycles. The van der Waals surface area contributed by atoms with Crippen molar-refractivity contribution < 1.29 is 14.3 Å². The first kappa shape index (κ1) is 13.5. The molecule has 1 aromatic heterocycles. The number of carboxylic acid groups (broad SMARTS) is 1. The van der Waals surface area contributed by atoms with Crippen molar-refractivity contribution >= 4 is 5.97 Å². The van der Waals surface area contributed by atoms with Crippen molar-refractivity contribution in [3.05, 3.63) is 34.8 Å². The van der Waals surface area contributed by atoms with Gasteiger partial charge in [-0.1, -0.05) is 5.57 Å². The van der Waals surface area contributed by atoms with E-state index in [2.05, 4.69) is 5.32 Å². The topological polar surface area (TPSA) is 62.5 Å². The highest BCUT2D eigenvalue weighted by atomic mass is 16.4. The van der Waals surface area contributed by atoms with Gasteiger partial charge in [-0.3, -0.25) is 0 Å². The van der Waals surface area contributed by atoms with Crippen molar-refractivity contribution in [2.45, 2.75) is 33.7 Å². The molecular formula is C13H19NO3. The monoisotopic (exact) mass is 237 g/mol. The van der Waals surface area contributed by atoms with E-state index in [9.17, 15) is 4.79 Å². The molecule has 0 bridgehead atoms. The fourth-order valence-corrected chi connectivity index (χ4v) is 1.77. The third-order valence-corrected chi connectivity index (χ3v) is 2.60. The van der Waals surface area contributed by atoms with Crippen LogP contribution >= 0.6 is 0 Å². The van der Waals surface area contributed by atoms with E-state index >= 15 is 0 Å². The Morgan fingerprint density at radius 2 is 2.24 bits per heavy atom. The SMILES string of the molecule is C/C(=C\C(=O)O)CNC(C)c1cc(C)oc1C. The van der Waals surface area contributed by atoms with Crippen molar-refractivity contribution in [2.24, 2.45) is 0 Å². The number of hydrogen-bond acceptors (Lipinski definition) is 3. The lowest BCUT2D eigenvalue weighted by Crippen LogP contribution is -2.21. The van der Waals surface area contributed by atoms with Gasteiger partial charge in [0.05, 0.1) is 0 Å². The van der Waals surface area contributed by atoms with E-state index in [1.807, 2.05) is 26.8 Å². The standard InChI is InChI=1S/C13H19NO3/c1-8(5-13(15)16)7-14-10(3)12-6-9(2)17-11(12)4/h5-6,10,14H,7H2,1-4H3,(H,15,16)/b8-5+. The average Bonchev–Trinajstić information content (AvgIpc) is 2.53. The molecule has 0 amide bonds. The summed E-state index contributed by atoms with van der Waals surface area (Å²) in [6.45, 7) is 8.23. The molecular weight excluding hydrogens is 218 g/mol. The summed E-state index contributed by atoms with van der Waals surface area (Å²) < 4.78 is 5.46. The Kier molecular flexibility index (Phi) is 4.52. The summed E-state index contributed by atoms with van der Waals surface area (Å²) in [5.41, 5.74) is 1.91. The Morgan fingerprint density at radius 1 is 1.59 bits per heavy atom. The summed E-state index contributed by atoms with van der Waals surface area (Å²) in [7, 11) is 0. The lowest BCUT2D eigenvalue weighted by molar-refractivity contribution is -0.131. The lowest BCUT2D eigenvalue weighted by atomic mass is 10.1. The molecule has 0 radical (unpaired) electrons. The maximum Gasteiger partial charge on any atom is 0.328 e. The molecule has 94 valence electrons. The van der Waals surface area contributed by atoms with Gasteiger partial charge in [-0.15, -0.1) is 0 Å². The van der Waals surface area contributed by atoms with Crippen LogP contribution in [0.2, 0.25) is 0 Å². The zero-order valence-electron chi connectivity index (χ0n) is 10.7. The molecule has 0 saturated carbocycles. The van der Waals surface area contributed by atoms with Crippen LogP contribution in [0.25, 0.3) is 0 Å². The molecule has 1 rings (SSSR count). The van der Waals surface area contributed by atoms with E-state index in [-0.39, 0.29) is 6.04 Å². The van der Waals surface area contributed by atoms with Gasteiger partial charge < -0.3 is 14.8 Å². The predicted octanol–water partition coefficient (Wildman–Crippen LogP) is 2.58. The molecule has 0 saturated heterocycles. The molecule has 0 aliphatic carbocycles. The van der Waals surface area contributed by atoms with Crippen molar-refractivity contribution in [1.82, 2.24) is 5.32 Å². The van der Waals surface area contributed by atoms with Gasteiger partial charge >= 0.3 is 5.97 Å². The van der Waals surface area contributed by atoms with Crippen LogP contribution in [0.1, 0.15) is 37.0 Å². The van der Waals surface area contributed by atoms with Gasteiger partial charge in [-0.25, -0.2) is 4.79 Å². The van der Waals surface area contributed by atoms with E-state index in [1.165, 1.54) is 6.08 Å². The van der Waals surface area contributed by atoms with Gasteiger partial charge in [0.15, 0.2) is 0 Å². The number of aliphatic carboxylic acids is 1. The van der Waals surface area contributed by atoms with E-state index in [1.54, 1.807) is 6.92 Å². The number of aryl methyl sites for hydroxylation is 2. The van der Waals surface area contributed by atoms with Gasteiger partial charge in [0.1, 0.15) is 11.5 Å². The molecule has 0 fully saturated rings. The van der Waals surface area contributed by atoms with Gasteiger partial charge in [0.25, 0.3) is 0 Å². The van der Waals surface area contributed by atoms with Crippen LogP contribution in [0.15, 0.2) is 22.1 Å². The highest BCUT2D eigenvalue weighted by Gasteiger charge is 2.11. The van der Waals surface area contributed by atoms with Crippen LogP contribution in [0, 0.1) is 13.8 Å². The van der Waals surface area contributed by atoms with Gasteiger partial charge in [0.2, 0.25) is 0 Å². The van der Waals surface area contributed by atoms with Crippen LogP contribution in [-0.2, 0) is 4.79 Å². The molecule has 0 aliphatic rings. The van der Waals surface area contributed by atoms with Crippen molar-refractivity contribution in [2.75, 3.05) is 6.54 Å². The summed E-state index contributed by atoms with van der Waals surface area (Å²) in [6.07, 6.45) is 1.22. The first-order valence-corrected chi connectivity index (χ1v) is 5.60. The molecule has 2 N–H and O–H groups in total. The first-order chi connectivity index (χ1) is 7.90. The minimum atomic E-state index is -0.910. The van der Waals surface area contributed by atoms with Gasteiger partial charge in [-0.2, -0.15) is 0 Å². The predicted molar refractivity (Wildman–Crippen MR) is 66.0 cm³/mol. The summed E-state index contributed by atoms with van der Waals surface area (Å²) in [4.78, 5) is 10.5. The molecule has 1 aromatic rings. The number of nitrogens with one attached hydrogen (secondary N) is 1. The second kappa shape index (κ2) is 5.68. The van der Waals surface area contributed by atoms with Crippen molar-refractivity contribution in [3.8, 4) is 0 Å². The molecule has 0 aromatic carbocycles. The van der Waals surface area contributed by atoms with Crippen LogP contribution in [0.3, 0.4) is 0 Å². The molecule has 1 atom stereocenters. The number of carboxylic acids is 1. The van der Waals surface area contributed by atoms with Crippen molar-refractivity contribution in [3.63, 3.8) is 0 Å². The van der Waals surface area contributed by atoms with Crippen LogP contribution in [0.5, 0.6) is 0 Å². The molecule has 17 heavy (non-hydrogen) atoms. The highest BCUT2D eigenvalue weighted by Crippen LogP contribution is 2.21. The summed E-state index contributed by atoms with van der Waals surface area (Å²) in [5.74, 6) is 0.888. The second-order valence-electron chi connectivity index (χ2n) is 4.30. The molecule has 4 heteroatoms. The van der Waals surface area contributed by atoms with Crippen molar-refractivity contribution in [1.29, 1.82) is 0 Å². The zero-order valence-corrected chi connectivity index (χ0v) is 10.7. The minimum absolute atomic E-state index is 0.143. The minimum Gasteiger partial charge on any atom is -0.478 e. The second-order valence-corrected chi connectivity index (χ2v) is 4.30. The van der Waals surface area contributed by atoms with E-state index in [4.69, 9.17) is 9.52 Å². The largest absolute Gasteiger partial charge is 0.478 e. The quantitative estimate of drug-likeness (QED) is 0.773. The fourth-order valence-electron chi connectivity index (χ4n) is 1.77. The average molecular weight is 237 g/mol. The van der Waals surface area contributed by atoms with Crippen LogP contribution in [-0.4, -0.2) is 17.6 Å². The number of furan rings is 1. The van der Waals surface area contributed by atoms with Gasteiger partial charge in [0, 0.05) is 24.2 Å². The Bertz CT molecular complexity index is 432. The van der Waals surface area contributed by atoms with Gasteiger partial charge in [-0.05, 0) is 33.8 Å². The fraction of sp³-hybridized carbons (Fsp3) is 0.462. The molecule has 0 aliphatic heterocycles. The molecule has 1 unspecified atom stereocenters. The zero-order chi connectivity index (χ0) is 13.0. The number of carbonyl (C=O) groups is 1. The highest BCUT2D eigenvalue weighted by molar-refractivity contribution is 5.80. The van der Waals surface area contributed by atoms with Crippen LogP contribution in [0.4, 0.5) is 0 Å². The lowest BCUT2D eigenvalue weighted by Gasteiger charge is -2.13. The summed E-state index contributed by atoms with van der Waals surface area (Å²) in [5, 5.41) is 11.9. The summed E-state index contributed by atoms with van der Waals surface area (Å²) in [6, 6.07) is 2.15. The van der Waals surface area contributed by atoms with E-state index < -0.39 is 5.97 Å². The Balaban J connectivity index is 2.59. The van der Waals surface area contributed by atoms with E-state index in [0.29, 0.717) is 6.54 Å². The molecule has 0 spiro atoms. The molecule has 4 nitrogen and oxygen atoms in total.